The van der Waals surface area contributed by atoms with E-state index in [1.165, 1.54) is 15.3 Å². The van der Waals surface area contributed by atoms with Gasteiger partial charge in [0.15, 0.2) is 0 Å². The van der Waals surface area contributed by atoms with Gasteiger partial charge in [0.05, 0.1) is 0 Å². The van der Waals surface area contributed by atoms with Crippen LogP contribution in [0.1, 0.15) is 0 Å². The van der Waals surface area contributed by atoms with Crippen molar-refractivity contribution in [1.82, 2.24) is 0 Å². The van der Waals surface area contributed by atoms with Crippen LogP contribution >= 0.6 is 30.1 Å². The first kappa shape index (κ1) is 13.3. The summed E-state index contributed by atoms with van der Waals surface area (Å²) in [4.78, 5) is 0. The van der Waals surface area contributed by atoms with Gasteiger partial charge in [0.1, 0.15) is 0 Å². The van der Waals surface area contributed by atoms with E-state index in [4.69, 9.17) is 0 Å². The van der Waals surface area contributed by atoms with Gasteiger partial charge in [-0.1, -0.05) is 36.0 Å². The van der Waals surface area contributed by atoms with Crippen LogP contribution in [0.3, 0.4) is 0 Å². The Morgan fingerprint density at radius 2 is 0.867 bits per heavy atom. The van der Waals surface area contributed by atoms with E-state index in [1.54, 1.807) is 0 Å². The lowest BCUT2D eigenvalue weighted by molar-refractivity contribution is 1.78. The molecule has 0 aromatic carbocycles. The zero-order valence-electron chi connectivity index (χ0n) is 10.2. The molecule has 0 bridgehead atoms. The van der Waals surface area contributed by atoms with Crippen molar-refractivity contribution in [1.29, 1.82) is 0 Å². The Labute approximate surface area is 99.9 Å². The highest BCUT2D eigenvalue weighted by Gasteiger charge is 2.37. The average Bonchev–Trinajstić information content (AvgIpc) is 2.16. The molecule has 0 aromatic rings. The third-order valence-electron chi connectivity index (χ3n) is 2.82. The van der Waals surface area contributed by atoms with Crippen LogP contribution < -0.4 is 0 Å². The van der Waals surface area contributed by atoms with Crippen molar-refractivity contribution in [3.63, 3.8) is 0 Å². The van der Waals surface area contributed by atoms with E-state index in [-0.39, 0.29) is 0 Å². The summed E-state index contributed by atoms with van der Waals surface area (Å²) in [5, 5.41) is 10.7. The molecule has 3 heteroatoms. The average molecular weight is 265 g/mol. The first-order valence-corrected chi connectivity index (χ1v) is 12.2. The molecule has 1 aliphatic heterocycles. The largest absolute Gasteiger partial charge is 0.208 e. The molecule has 1 heterocycles. The lowest BCUT2D eigenvalue weighted by Gasteiger charge is -2.57. The molecule has 1 aliphatic rings. The second-order valence-electron chi connectivity index (χ2n) is 4.91. The molecule has 0 unspecified atom stereocenters. The summed E-state index contributed by atoms with van der Waals surface area (Å²) in [6.07, 6.45) is 7.26. The van der Waals surface area contributed by atoms with E-state index >= 15 is 0 Å². The van der Waals surface area contributed by atoms with Gasteiger partial charge in [0, 0.05) is 15.3 Å². The molecular weight excluding hydrogens is 240 g/mol. The highest BCUT2D eigenvalue weighted by atomic mass is 32.4. The first-order chi connectivity index (χ1) is 6.80. The van der Waals surface area contributed by atoms with Crippen LogP contribution in [0.2, 0.25) is 0 Å². The lowest BCUT2D eigenvalue weighted by atomic mass is 11.3. The first-order valence-electron chi connectivity index (χ1n) is 4.89. The van der Waals surface area contributed by atoms with Crippen LogP contribution in [0.4, 0.5) is 0 Å². The molecule has 1 fully saturated rings. The minimum atomic E-state index is -0.622. The third kappa shape index (κ3) is 2.89. The SMILES string of the molecule is C=CS1(C)CS(C)(C=C)CS(C)(C=C)C1. The fourth-order valence-electron chi connectivity index (χ4n) is 2.24. The van der Waals surface area contributed by atoms with Gasteiger partial charge < -0.3 is 0 Å². The van der Waals surface area contributed by atoms with Crippen LogP contribution in [-0.2, 0) is 0 Å². The van der Waals surface area contributed by atoms with Gasteiger partial charge in [-0.3, -0.25) is 0 Å². The summed E-state index contributed by atoms with van der Waals surface area (Å²) in [6, 6.07) is 0. The molecule has 0 spiro atoms. The molecular formula is C12H24S3. The van der Waals surface area contributed by atoms with E-state index in [0.717, 1.165) is 0 Å². The molecule has 0 radical (unpaired) electrons. The van der Waals surface area contributed by atoms with Crippen LogP contribution in [-0.4, -0.2) is 34.0 Å². The number of rotatable bonds is 3. The Balaban J connectivity index is 3.07. The van der Waals surface area contributed by atoms with Crippen molar-refractivity contribution < 1.29 is 0 Å². The van der Waals surface area contributed by atoms with E-state index < -0.39 is 30.1 Å². The molecule has 1 saturated heterocycles. The van der Waals surface area contributed by atoms with Crippen molar-refractivity contribution >= 4 is 30.1 Å². The van der Waals surface area contributed by atoms with Crippen molar-refractivity contribution in [3.8, 4) is 0 Å². The summed E-state index contributed by atoms with van der Waals surface area (Å²) in [5.41, 5.74) is 0. The smallest absolute Gasteiger partial charge is 0.0152 e. The van der Waals surface area contributed by atoms with Crippen molar-refractivity contribution in [2.75, 3.05) is 34.0 Å². The minimum absolute atomic E-state index is 0.622. The van der Waals surface area contributed by atoms with E-state index in [2.05, 4.69) is 54.7 Å². The highest BCUT2D eigenvalue weighted by Crippen LogP contribution is 2.76. The quantitative estimate of drug-likeness (QED) is 0.698. The summed E-state index contributed by atoms with van der Waals surface area (Å²) in [7, 11) is -1.87. The molecule has 90 valence electrons. The van der Waals surface area contributed by atoms with Gasteiger partial charge in [0.2, 0.25) is 0 Å². The topological polar surface area (TPSA) is 0 Å². The molecule has 0 saturated carbocycles. The van der Waals surface area contributed by atoms with Gasteiger partial charge in [-0.15, -0.1) is 0 Å². The van der Waals surface area contributed by atoms with Gasteiger partial charge in [-0.05, 0) is 18.8 Å². The Morgan fingerprint density at radius 3 is 1.00 bits per heavy atom. The van der Waals surface area contributed by atoms with Crippen LogP contribution in [0, 0.1) is 0 Å². The molecule has 0 amide bonds. The molecule has 0 aromatic heterocycles. The molecule has 0 N–H and O–H groups in total. The summed E-state index contributed by atoms with van der Waals surface area (Å²) < 4.78 is 0. The van der Waals surface area contributed by atoms with Crippen molar-refractivity contribution in [2.24, 2.45) is 0 Å². The van der Waals surface area contributed by atoms with Crippen molar-refractivity contribution in [3.05, 3.63) is 36.0 Å². The summed E-state index contributed by atoms with van der Waals surface area (Å²) in [6.45, 7) is 12.2. The number of hydrogen-bond donors (Lipinski definition) is 0. The summed E-state index contributed by atoms with van der Waals surface area (Å²) in [5.74, 6) is 0. The number of hydrogen-bond acceptors (Lipinski definition) is 0. The predicted octanol–water partition coefficient (Wildman–Crippen LogP) is 4.61. The van der Waals surface area contributed by atoms with Crippen molar-refractivity contribution in [2.45, 2.75) is 0 Å². The Bertz CT molecular complexity index is 240. The zero-order valence-corrected chi connectivity index (χ0v) is 12.6. The zero-order chi connectivity index (χ0) is 11.7. The highest BCUT2D eigenvalue weighted by molar-refractivity contribution is 8.64. The monoisotopic (exact) mass is 264 g/mol. The minimum Gasteiger partial charge on any atom is -0.208 e. The second kappa shape index (κ2) is 4.27. The standard InChI is InChI=1S/C12H24S3/c1-7-13(4)10-14(5,8-2)12-15(6,9-3)11-13/h7-9H,1-3,10-12H2,4-6H3. The Morgan fingerprint density at radius 1 is 0.667 bits per heavy atom. The molecule has 0 nitrogen and oxygen atoms in total. The fraction of sp³-hybridized carbons (Fsp3) is 0.500. The maximum absolute atomic E-state index is 4.05. The summed E-state index contributed by atoms with van der Waals surface area (Å²) >= 11 is 0. The van der Waals surface area contributed by atoms with Gasteiger partial charge in [0.25, 0.3) is 0 Å². The maximum atomic E-state index is 4.05. The molecule has 15 heavy (non-hydrogen) atoms. The van der Waals surface area contributed by atoms with Crippen LogP contribution in [0.15, 0.2) is 36.0 Å². The fourth-order valence-corrected chi connectivity index (χ4v) is 22.0. The van der Waals surface area contributed by atoms with Crippen LogP contribution in [0.25, 0.3) is 0 Å². The van der Waals surface area contributed by atoms with Gasteiger partial charge in [-0.2, -0.15) is 0 Å². The van der Waals surface area contributed by atoms with E-state index in [0.29, 0.717) is 0 Å². The normalized spacial score (nSPS) is 58.6. The lowest BCUT2D eigenvalue weighted by Crippen LogP contribution is -2.25. The van der Waals surface area contributed by atoms with E-state index in [9.17, 15) is 0 Å². The molecule has 0 aliphatic carbocycles. The van der Waals surface area contributed by atoms with Gasteiger partial charge in [-0.25, -0.2) is 30.1 Å². The Kier molecular flexibility index (Phi) is 3.79. The third-order valence-corrected chi connectivity index (χ3v) is 18.2. The van der Waals surface area contributed by atoms with Gasteiger partial charge >= 0.3 is 0 Å². The molecule has 0 atom stereocenters. The maximum Gasteiger partial charge on any atom is 0.0152 e. The Hall–Kier alpha value is 0.270. The van der Waals surface area contributed by atoms with Crippen LogP contribution in [0.5, 0.6) is 0 Å². The predicted molar refractivity (Wildman–Crippen MR) is 85.7 cm³/mol. The second-order valence-corrected chi connectivity index (χ2v) is 16.8. The molecule has 1 rings (SSSR count). The van der Waals surface area contributed by atoms with E-state index in [1.807, 2.05) is 0 Å².